The first-order chi connectivity index (χ1) is 14.2. The third kappa shape index (κ3) is 3.60. The third-order valence-corrected chi connectivity index (χ3v) is 11.5. The fourth-order valence-corrected chi connectivity index (χ4v) is 10.1. The summed E-state index contributed by atoms with van der Waals surface area (Å²) in [6.45, 7) is 12.4. The second kappa shape index (κ2) is 8.35. The first-order valence-electron chi connectivity index (χ1n) is 13.2. The Balaban J connectivity index is 1.50. The molecule has 0 unspecified atom stereocenters. The minimum Gasteiger partial charge on any atom is -0.149 e. The second-order valence-electron chi connectivity index (χ2n) is 12.8. The van der Waals surface area contributed by atoms with Gasteiger partial charge in [0, 0.05) is 5.92 Å². The summed E-state index contributed by atoms with van der Waals surface area (Å²) in [5.41, 5.74) is 0.760. The lowest BCUT2D eigenvalue weighted by Crippen LogP contribution is -2.57. The average molecular weight is 436 g/mol. The van der Waals surface area contributed by atoms with Crippen molar-refractivity contribution in [2.75, 3.05) is 0 Å². The molecule has 0 spiro atoms. The van der Waals surface area contributed by atoms with E-state index < -0.39 is 5.00 Å². The second-order valence-corrected chi connectivity index (χ2v) is 13.5. The van der Waals surface area contributed by atoms with Crippen LogP contribution in [-0.4, -0.2) is 5.00 Å². The van der Waals surface area contributed by atoms with Gasteiger partial charge in [-0.2, -0.15) is 0 Å². The zero-order chi connectivity index (χ0) is 21.7. The van der Waals surface area contributed by atoms with Gasteiger partial charge >= 0.3 is 0 Å². The van der Waals surface area contributed by atoms with Crippen LogP contribution in [0.4, 0.5) is 0 Å². The molecule has 4 fully saturated rings. The van der Waals surface area contributed by atoms with Crippen LogP contribution in [0, 0.1) is 57.2 Å². The molecule has 172 valence electrons. The normalized spacial score (nSPS) is 49.2. The summed E-state index contributed by atoms with van der Waals surface area (Å²) in [5.74, 6) is 5.40. The van der Waals surface area contributed by atoms with E-state index in [-0.39, 0.29) is 11.3 Å². The lowest BCUT2D eigenvalue weighted by atomic mass is 9.44. The Labute approximate surface area is 190 Å². The van der Waals surface area contributed by atoms with E-state index in [2.05, 4.69) is 39.8 Å². The van der Waals surface area contributed by atoms with Crippen LogP contribution in [-0.2, 0) is 0 Å². The highest BCUT2D eigenvalue weighted by atomic mass is 35.5. The maximum Gasteiger partial charge on any atom is 0.178 e. The molecular weight excluding hydrogens is 390 g/mol. The Kier molecular flexibility index (Phi) is 6.42. The molecule has 0 aromatic rings. The van der Waals surface area contributed by atoms with Gasteiger partial charge in [0.1, 0.15) is 0 Å². The van der Waals surface area contributed by atoms with E-state index in [1.807, 2.05) is 0 Å². The predicted molar refractivity (Wildman–Crippen MR) is 127 cm³/mol. The van der Waals surface area contributed by atoms with Gasteiger partial charge in [-0.15, -0.1) is 4.91 Å². The molecule has 3 heteroatoms. The summed E-state index contributed by atoms with van der Waals surface area (Å²) < 4.78 is 0. The predicted octanol–water partition coefficient (Wildman–Crippen LogP) is 8.81. The molecule has 4 saturated carbocycles. The Hall–Kier alpha value is -0.110. The van der Waals surface area contributed by atoms with Crippen LogP contribution in [0.15, 0.2) is 5.18 Å². The molecule has 2 nitrogen and oxygen atoms in total. The van der Waals surface area contributed by atoms with E-state index in [9.17, 15) is 4.91 Å². The molecule has 0 radical (unpaired) electrons. The molecule has 0 saturated heterocycles. The van der Waals surface area contributed by atoms with Crippen molar-refractivity contribution in [3.05, 3.63) is 4.91 Å². The maximum absolute atomic E-state index is 11.7. The summed E-state index contributed by atoms with van der Waals surface area (Å²) in [4.78, 5) is 10.9. The molecule has 0 N–H and O–H groups in total. The highest BCUT2D eigenvalue weighted by molar-refractivity contribution is 6.24. The lowest BCUT2D eigenvalue weighted by molar-refractivity contribution is -0.123. The summed E-state index contributed by atoms with van der Waals surface area (Å²) in [6.07, 6.45) is 15.3. The van der Waals surface area contributed by atoms with Crippen molar-refractivity contribution in [2.45, 2.75) is 117 Å². The molecule has 4 aliphatic rings. The number of fused-ring (bicyclic) bond motifs is 5. The van der Waals surface area contributed by atoms with Crippen LogP contribution < -0.4 is 0 Å². The smallest absolute Gasteiger partial charge is 0.149 e. The van der Waals surface area contributed by atoms with Gasteiger partial charge in [-0.1, -0.05) is 65.5 Å². The van der Waals surface area contributed by atoms with E-state index in [1.54, 1.807) is 0 Å². The number of hydrogen-bond acceptors (Lipinski definition) is 2. The highest BCUT2D eigenvalue weighted by Crippen LogP contribution is 2.70. The fourth-order valence-electron chi connectivity index (χ4n) is 9.57. The number of rotatable bonds is 6. The Morgan fingerprint density at radius 2 is 1.63 bits per heavy atom. The molecular formula is C27H46ClNO. The molecule has 4 rings (SSSR count). The van der Waals surface area contributed by atoms with E-state index in [0.29, 0.717) is 5.41 Å². The molecule has 30 heavy (non-hydrogen) atoms. The number of nitroso groups, excluding NO2 is 1. The van der Waals surface area contributed by atoms with Gasteiger partial charge in [-0.25, -0.2) is 0 Å². The van der Waals surface area contributed by atoms with E-state index in [4.69, 9.17) is 11.6 Å². The molecule has 0 aromatic carbocycles. The van der Waals surface area contributed by atoms with Crippen LogP contribution in [0.3, 0.4) is 0 Å². The largest absolute Gasteiger partial charge is 0.178 e. The number of nitrogens with zero attached hydrogens (tertiary/aromatic N) is 1. The lowest BCUT2D eigenvalue weighted by Gasteiger charge is -2.62. The minimum atomic E-state index is -0.831. The maximum atomic E-state index is 11.7. The number of halogens is 1. The summed E-state index contributed by atoms with van der Waals surface area (Å²) >= 11 is 6.85. The van der Waals surface area contributed by atoms with Gasteiger partial charge in [0.25, 0.3) is 0 Å². The van der Waals surface area contributed by atoms with Crippen LogP contribution in [0.5, 0.6) is 0 Å². The topological polar surface area (TPSA) is 29.4 Å². The van der Waals surface area contributed by atoms with Crippen LogP contribution in [0.2, 0.25) is 0 Å². The van der Waals surface area contributed by atoms with E-state index in [1.165, 1.54) is 57.8 Å². The van der Waals surface area contributed by atoms with Crippen molar-refractivity contribution in [1.29, 1.82) is 0 Å². The van der Waals surface area contributed by atoms with Crippen molar-refractivity contribution in [2.24, 2.45) is 57.4 Å². The zero-order valence-corrected chi connectivity index (χ0v) is 21.0. The monoisotopic (exact) mass is 435 g/mol. The summed E-state index contributed by atoms with van der Waals surface area (Å²) in [5, 5.41) is 3.52. The van der Waals surface area contributed by atoms with Crippen molar-refractivity contribution in [3.8, 4) is 0 Å². The fraction of sp³-hybridized carbons (Fsp3) is 1.00. The Morgan fingerprint density at radius 1 is 0.900 bits per heavy atom. The molecule has 0 heterocycles. The van der Waals surface area contributed by atoms with Crippen molar-refractivity contribution < 1.29 is 0 Å². The van der Waals surface area contributed by atoms with Gasteiger partial charge in [0.2, 0.25) is 0 Å². The van der Waals surface area contributed by atoms with Gasteiger partial charge in [-0.3, -0.25) is 0 Å². The molecule has 4 aliphatic carbocycles. The van der Waals surface area contributed by atoms with Gasteiger partial charge in [0.05, 0.1) is 0 Å². The van der Waals surface area contributed by atoms with Crippen molar-refractivity contribution in [1.82, 2.24) is 0 Å². The molecule has 9 atom stereocenters. The van der Waals surface area contributed by atoms with Gasteiger partial charge < -0.3 is 0 Å². The van der Waals surface area contributed by atoms with Gasteiger partial charge in [-0.05, 0) is 109 Å². The SMILES string of the molecule is CC(C)CCC[C@@H](C)[C@@H]1CC[C@@H]2[C@@H]3CC[C@@H]4[C@](C)(CCC[C@]4(Cl)N=O)[C@@H]3CC[C@]21C. The van der Waals surface area contributed by atoms with Crippen LogP contribution >= 0.6 is 11.6 Å². The van der Waals surface area contributed by atoms with Crippen LogP contribution in [0.1, 0.15) is 112 Å². The average Bonchev–Trinajstić information content (AvgIpc) is 3.05. The highest BCUT2D eigenvalue weighted by Gasteiger charge is 2.63. The van der Waals surface area contributed by atoms with E-state index in [0.717, 1.165) is 54.8 Å². The number of hydrogen-bond donors (Lipinski definition) is 0. The standard InChI is InChI=1S/C27H46ClNO/c1-18(2)8-6-9-19(3)21-11-12-22-20-10-13-24-26(5,15-7-16-27(24,28)29-30)23(20)14-17-25(21,22)4/h18-24H,6-17H2,1-5H3/t19-,20+,21+,22-,23-,24-,25+,26-,27+/m1/s1. The zero-order valence-electron chi connectivity index (χ0n) is 20.3. The van der Waals surface area contributed by atoms with E-state index >= 15 is 0 Å². The Morgan fingerprint density at radius 3 is 2.33 bits per heavy atom. The first kappa shape index (κ1) is 23.1. The van der Waals surface area contributed by atoms with Gasteiger partial charge in [0.15, 0.2) is 5.00 Å². The number of alkyl halides is 1. The molecule has 0 aliphatic heterocycles. The summed E-state index contributed by atoms with van der Waals surface area (Å²) in [7, 11) is 0. The van der Waals surface area contributed by atoms with Crippen LogP contribution in [0.25, 0.3) is 0 Å². The molecule has 0 amide bonds. The molecule has 0 bridgehead atoms. The Bertz CT molecular complexity index is 636. The van der Waals surface area contributed by atoms with Crippen molar-refractivity contribution in [3.63, 3.8) is 0 Å². The van der Waals surface area contributed by atoms with Crippen molar-refractivity contribution >= 4 is 11.6 Å². The third-order valence-electron chi connectivity index (χ3n) is 11.0. The summed E-state index contributed by atoms with van der Waals surface area (Å²) in [6, 6.07) is 0. The molecule has 0 aromatic heterocycles. The minimum absolute atomic E-state index is 0.221. The quantitative estimate of drug-likeness (QED) is 0.232. The first-order valence-corrected chi connectivity index (χ1v) is 13.6.